The molecule has 2 fully saturated rings. The third kappa shape index (κ3) is 3.68. The first-order valence-electron chi connectivity index (χ1n) is 7.21. The van der Waals surface area contributed by atoms with Gasteiger partial charge in [0.1, 0.15) is 0 Å². The van der Waals surface area contributed by atoms with Crippen LogP contribution in [-0.2, 0) is 10.0 Å². The van der Waals surface area contributed by atoms with E-state index < -0.39 is 10.0 Å². The Morgan fingerprint density at radius 1 is 1.17 bits per heavy atom. The smallest absolute Gasteiger partial charge is 0.214 e. The molecule has 0 aromatic carbocycles. The molecule has 0 amide bonds. The molecule has 1 saturated carbocycles. The van der Waals surface area contributed by atoms with E-state index in [1.807, 2.05) is 0 Å². The maximum atomic E-state index is 12.4. The number of hydrogen-bond donors (Lipinski definition) is 1. The average molecular weight is 274 g/mol. The molecule has 0 aromatic rings. The van der Waals surface area contributed by atoms with E-state index in [1.54, 1.807) is 4.31 Å². The Labute approximate surface area is 111 Å². The lowest BCUT2D eigenvalue weighted by Crippen LogP contribution is -2.50. The summed E-state index contributed by atoms with van der Waals surface area (Å²) in [7, 11) is -3.10. The zero-order chi connectivity index (χ0) is 13.2. The zero-order valence-electron chi connectivity index (χ0n) is 11.3. The Bertz CT molecular complexity index is 353. The van der Waals surface area contributed by atoms with Crippen LogP contribution < -0.4 is 5.73 Å². The number of nitrogens with zero attached hydrogens (tertiary/aromatic N) is 1. The molecule has 106 valence electrons. The molecule has 1 aliphatic heterocycles. The highest BCUT2D eigenvalue weighted by molar-refractivity contribution is 7.89. The number of piperidine rings is 1. The van der Waals surface area contributed by atoms with Gasteiger partial charge in [0, 0.05) is 19.1 Å². The van der Waals surface area contributed by atoms with Crippen molar-refractivity contribution in [1.29, 1.82) is 0 Å². The molecular weight excluding hydrogens is 248 g/mol. The quantitative estimate of drug-likeness (QED) is 0.849. The highest BCUT2D eigenvalue weighted by Gasteiger charge is 2.32. The van der Waals surface area contributed by atoms with Crippen molar-refractivity contribution in [2.45, 2.75) is 51.5 Å². The Morgan fingerprint density at radius 2 is 1.83 bits per heavy atom. The predicted molar refractivity (Wildman–Crippen MR) is 73.7 cm³/mol. The van der Waals surface area contributed by atoms with Gasteiger partial charge in [-0.05, 0) is 31.1 Å². The van der Waals surface area contributed by atoms with Crippen molar-refractivity contribution in [3.63, 3.8) is 0 Å². The van der Waals surface area contributed by atoms with Crippen molar-refractivity contribution in [3.8, 4) is 0 Å². The largest absolute Gasteiger partial charge is 0.326 e. The van der Waals surface area contributed by atoms with Crippen molar-refractivity contribution in [1.82, 2.24) is 4.31 Å². The first kappa shape index (κ1) is 14.3. The molecule has 18 heavy (non-hydrogen) atoms. The van der Waals surface area contributed by atoms with E-state index in [1.165, 1.54) is 19.3 Å². The van der Waals surface area contributed by atoms with Crippen molar-refractivity contribution in [2.75, 3.05) is 18.8 Å². The maximum Gasteiger partial charge on any atom is 0.214 e. The van der Waals surface area contributed by atoms with E-state index in [0.717, 1.165) is 19.3 Å². The van der Waals surface area contributed by atoms with E-state index in [4.69, 9.17) is 5.73 Å². The SMILES string of the molecule is CC1CC(N)CN(S(=O)(=O)CC2CCCCC2)C1. The average Bonchev–Trinajstić information content (AvgIpc) is 2.28. The highest BCUT2D eigenvalue weighted by atomic mass is 32.2. The molecular formula is C13H26N2O2S. The lowest BCUT2D eigenvalue weighted by molar-refractivity contribution is 0.251. The molecule has 1 heterocycles. The second-order valence-corrected chi connectivity index (χ2v) is 8.21. The van der Waals surface area contributed by atoms with E-state index in [2.05, 4.69) is 6.92 Å². The van der Waals surface area contributed by atoms with Crippen LogP contribution in [-0.4, -0.2) is 37.6 Å². The zero-order valence-corrected chi connectivity index (χ0v) is 12.2. The Morgan fingerprint density at radius 3 is 2.44 bits per heavy atom. The minimum absolute atomic E-state index is 0.00915. The normalized spacial score (nSPS) is 32.6. The molecule has 2 N–H and O–H groups in total. The topological polar surface area (TPSA) is 63.4 Å². The van der Waals surface area contributed by atoms with Crippen LogP contribution in [0.3, 0.4) is 0 Å². The van der Waals surface area contributed by atoms with Gasteiger partial charge >= 0.3 is 0 Å². The summed E-state index contributed by atoms with van der Waals surface area (Å²) in [5.74, 6) is 1.10. The fourth-order valence-electron chi connectivity index (χ4n) is 3.33. The van der Waals surface area contributed by atoms with Gasteiger partial charge in [0.15, 0.2) is 0 Å². The van der Waals surface area contributed by atoms with Crippen molar-refractivity contribution >= 4 is 10.0 Å². The Hall–Kier alpha value is -0.130. The summed E-state index contributed by atoms with van der Waals surface area (Å²) in [5.41, 5.74) is 5.94. The highest BCUT2D eigenvalue weighted by Crippen LogP contribution is 2.27. The molecule has 2 aliphatic rings. The monoisotopic (exact) mass is 274 g/mol. The number of nitrogens with two attached hydrogens (primary N) is 1. The van der Waals surface area contributed by atoms with Crippen LogP contribution in [0.2, 0.25) is 0 Å². The number of rotatable bonds is 3. The fourth-order valence-corrected chi connectivity index (χ4v) is 5.37. The molecule has 2 atom stereocenters. The number of sulfonamides is 1. The summed E-state index contributed by atoms with van der Waals surface area (Å²) in [5, 5.41) is 0. The van der Waals surface area contributed by atoms with Crippen molar-refractivity contribution in [3.05, 3.63) is 0 Å². The van der Waals surface area contributed by atoms with Gasteiger partial charge in [-0.25, -0.2) is 12.7 Å². The number of hydrogen-bond acceptors (Lipinski definition) is 3. The van der Waals surface area contributed by atoms with Gasteiger partial charge in [-0.3, -0.25) is 0 Å². The summed E-state index contributed by atoms with van der Waals surface area (Å²) >= 11 is 0. The molecule has 4 nitrogen and oxygen atoms in total. The fraction of sp³-hybridized carbons (Fsp3) is 1.00. The van der Waals surface area contributed by atoms with Gasteiger partial charge < -0.3 is 5.73 Å². The van der Waals surface area contributed by atoms with Crippen molar-refractivity contribution < 1.29 is 8.42 Å². The predicted octanol–water partition coefficient (Wildman–Crippen LogP) is 1.57. The minimum Gasteiger partial charge on any atom is -0.326 e. The molecule has 2 unspecified atom stereocenters. The third-order valence-electron chi connectivity index (χ3n) is 4.22. The van der Waals surface area contributed by atoms with Crippen LogP contribution in [0.5, 0.6) is 0 Å². The van der Waals surface area contributed by atoms with Crippen molar-refractivity contribution in [2.24, 2.45) is 17.6 Å². The maximum absolute atomic E-state index is 12.4. The van der Waals surface area contributed by atoms with Crippen LogP contribution in [0.1, 0.15) is 45.4 Å². The molecule has 0 radical (unpaired) electrons. The molecule has 0 aromatic heterocycles. The molecule has 2 rings (SSSR count). The second-order valence-electron chi connectivity index (χ2n) is 6.20. The van der Waals surface area contributed by atoms with Gasteiger partial charge in [-0.1, -0.05) is 26.2 Å². The molecule has 0 bridgehead atoms. The first-order chi connectivity index (χ1) is 8.47. The van der Waals surface area contributed by atoms with Gasteiger partial charge in [0.2, 0.25) is 10.0 Å². The minimum atomic E-state index is -3.10. The summed E-state index contributed by atoms with van der Waals surface area (Å²) in [6.45, 7) is 3.25. The molecule has 1 aliphatic carbocycles. The summed E-state index contributed by atoms with van der Waals surface area (Å²) < 4.78 is 26.5. The van der Waals surface area contributed by atoms with Crippen LogP contribution in [0.25, 0.3) is 0 Å². The Balaban J connectivity index is 1.96. The lowest BCUT2D eigenvalue weighted by atomic mass is 9.91. The molecule has 1 saturated heterocycles. The van der Waals surface area contributed by atoms with Crippen LogP contribution >= 0.6 is 0 Å². The van der Waals surface area contributed by atoms with Gasteiger partial charge in [-0.2, -0.15) is 0 Å². The third-order valence-corrected chi connectivity index (χ3v) is 6.20. The van der Waals surface area contributed by atoms with E-state index in [9.17, 15) is 8.42 Å². The standard InChI is InChI=1S/C13H26N2O2S/c1-11-7-13(14)9-15(8-11)18(16,17)10-12-5-3-2-4-6-12/h11-13H,2-10,14H2,1H3. The molecule has 5 heteroatoms. The first-order valence-corrected chi connectivity index (χ1v) is 8.81. The molecule has 0 spiro atoms. The summed E-state index contributed by atoms with van der Waals surface area (Å²) in [6.07, 6.45) is 6.74. The Kier molecular flexibility index (Phi) is 4.67. The van der Waals surface area contributed by atoms with Gasteiger partial charge in [-0.15, -0.1) is 0 Å². The van der Waals surface area contributed by atoms with Gasteiger partial charge in [0.05, 0.1) is 5.75 Å². The lowest BCUT2D eigenvalue weighted by Gasteiger charge is -2.35. The van der Waals surface area contributed by atoms with Crippen LogP contribution in [0, 0.1) is 11.8 Å². The summed E-state index contributed by atoms with van der Waals surface area (Å²) in [6, 6.07) is 0.00915. The second kappa shape index (κ2) is 5.88. The van der Waals surface area contributed by atoms with E-state index >= 15 is 0 Å². The van der Waals surface area contributed by atoms with Gasteiger partial charge in [0.25, 0.3) is 0 Å². The van der Waals surface area contributed by atoms with Crippen LogP contribution in [0.15, 0.2) is 0 Å². The van der Waals surface area contributed by atoms with E-state index in [0.29, 0.717) is 30.7 Å². The van der Waals surface area contributed by atoms with E-state index in [-0.39, 0.29) is 6.04 Å². The summed E-state index contributed by atoms with van der Waals surface area (Å²) in [4.78, 5) is 0. The van der Waals surface area contributed by atoms with Crippen LogP contribution in [0.4, 0.5) is 0 Å².